The van der Waals surface area contributed by atoms with E-state index in [9.17, 15) is 0 Å². The van der Waals surface area contributed by atoms with Crippen molar-refractivity contribution in [3.05, 3.63) is 40.9 Å². The number of aromatic nitrogens is 1. The van der Waals surface area contributed by atoms with Crippen molar-refractivity contribution in [1.82, 2.24) is 15.6 Å². The molecule has 0 spiro atoms. The van der Waals surface area contributed by atoms with Crippen molar-refractivity contribution in [1.29, 1.82) is 0 Å². The molecule has 0 atom stereocenters. The van der Waals surface area contributed by atoms with Gasteiger partial charge in [0.1, 0.15) is 5.01 Å². The van der Waals surface area contributed by atoms with Gasteiger partial charge in [0.05, 0.1) is 12.2 Å². The number of hydrogen-bond donors (Lipinski definition) is 2. The highest BCUT2D eigenvalue weighted by molar-refractivity contribution is 14.0. The third kappa shape index (κ3) is 5.44. The summed E-state index contributed by atoms with van der Waals surface area (Å²) < 4.78 is 0. The number of guanidine groups is 1. The molecule has 0 unspecified atom stereocenters. The van der Waals surface area contributed by atoms with Crippen LogP contribution in [-0.2, 0) is 6.54 Å². The van der Waals surface area contributed by atoms with Crippen molar-refractivity contribution in [3.63, 3.8) is 0 Å². The molecule has 0 bridgehead atoms. The van der Waals surface area contributed by atoms with Gasteiger partial charge in [-0.1, -0.05) is 30.3 Å². The smallest absolute Gasteiger partial charge is 0.191 e. The largest absolute Gasteiger partial charge is 0.357 e. The van der Waals surface area contributed by atoms with Crippen LogP contribution < -0.4 is 10.6 Å². The number of aryl methyl sites for hydroxylation is 1. The summed E-state index contributed by atoms with van der Waals surface area (Å²) >= 11 is 1.74. The molecule has 6 heteroatoms. The molecule has 4 nitrogen and oxygen atoms in total. The van der Waals surface area contributed by atoms with Crippen molar-refractivity contribution in [2.75, 3.05) is 13.1 Å². The van der Waals surface area contributed by atoms with Crippen LogP contribution >= 0.6 is 35.3 Å². The highest BCUT2D eigenvalue weighted by Crippen LogP contribution is 2.28. The van der Waals surface area contributed by atoms with Crippen molar-refractivity contribution < 1.29 is 0 Å². The second kappa shape index (κ2) is 9.36. The van der Waals surface area contributed by atoms with Crippen molar-refractivity contribution >= 4 is 41.3 Å². The first kappa shape index (κ1) is 19.2. The molecular weight excluding hydrogens is 431 g/mol. The van der Waals surface area contributed by atoms with Crippen LogP contribution in [0, 0.1) is 12.8 Å². The zero-order chi connectivity index (χ0) is 16.1. The number of halogens is 1. The summed E-state index contributed by atoms with van der Waals surface area (Å²) in [6.07, 6.45) is 2.70. The molecule has 1 aromatic heterocycles. The minimum atomic E-state index is 0. The summed E-state index contributed by atoms with van der Waals surface area (Å²) in [6, 6.07) is 10.3. The third-order valence-corrected chi connectivity index (χ3v) is 5.08. The number of benzene rings is 1. The molecule has 1 fully saturated rings. The van der Waals surface area contributed by atoms with E-state index in [1.807, 2.05) is 6.07 Å². The van der Waals surface area contributed by atoms with Gasteiger partial charge in [0, 0.05) is 23.5 Å². The van der Waals surface area contributed by atoms with Gasteiger partial charge in [-0.3, -0.25) is 0 Å². The summed E-state index contributed by atoms with van der Waals surface area (Å²) in [4.78, 5) is 10.6. The molecule has 0 aliphatic heterocycles. The summed E-state index contributed by atoms with van der Waals surface area (Å²) in [6.45, 7) is 6.75. The van der Waals surface area contributed by atoms with E-state index in [-0.39, 0.29) is 24.0 Å². The van der Waals surface area contributed by atoms with Gasteiger partial charge in [0.25, 0.3) is 0 Å². The van der Waals surface area contributed by atoms with E-state index in [0.717, 1.165) is 35.7 Å². The lowest BCUT2D eigenvalue weighted by Crippen LogP contribution is -2.38. The Morgan fingerprint density at radius 1 is 1.25 bits per heavy atom. The topological polar surface area (TPSA) is 49.3 Å². The van der Waals surface area contributed by atoms with Gasteiger partial charge < -0.3 is 10.6 Å². The zero-order valence-electron chi connectivity index (χ0n) is 14.2. The lowest BCUT2D eigenvalue weighted by atomic mass is 10.2. The molecule has 1 saturated carbocycles. The van der Waals surface area contributed by atoms with E-state index in [1.54, 1.807) is 11.3 Å². The third-order valence-electron chi connectivity index (χ3n) is 3.89. The summed E-state index contributed by atoms with van der Waals surface area (Å²) in [5.41, 5.74) is 2.25. The maximum atomic E-state index is 4.72. The summed E-state index contributed by atoms with van der Waals surface area (Å²) in [7, 11) is 0. The van der Waals surface area contributed by atoms with Gasteiger partial charge in [-0.05, 0) is 32.6 Å². The van der Waals surface area contributed by atoms with E-state index in [1.165, 1.54) is 23.3 Å². The second-order valence-electron chi connectivity index (χ2n) is 5.91. The number of rotatable bonds is 6. The number of hydrogen-bond acceptors (Lipinski definition) is 3. The molecule has 1 aromatic carbocycles. The maximum absolute atomic E-state index is 4.72. The fourth-order valence-electron chi connectivity index (χ4n) is 2.33. The van der Waals surface area contributed by atoms with Crippen molar-refractivity contribution in [3.8, 4) is 10.6 Å². The van der Waals surface area contributed by atoms with Gasteiger partial charge in [0.15, 0.2) is 5.96 Å². The predicted octanol–water partition coefficient (Wildman–Crippen LogP) is 4.20. The molecule has 0 radical (unpaired) electrons. The Labute approximate surface area is 165 Å². The fraction of sp³-hybridized carbons (Fsp3) is 0.444. The van der Waals surface area contributed by atoms with E-state index in [0.29, 0.717) is 6.54 Å². The molecule has 0 saturated heterocycles. The number of nitrogens with one attached hydrogen (secondary N) is 2. The summed E-state index contributed by atoms with van der Waals surface area (Å²) in [5.74, 6) is 1.75. The molecule has 1 heterocycles. The maximum Gasteiger partial charge on any atom is 0.191 e. The Morgan fingerprint density at radius 2 is 2.00 bits per heavy atom. The van der Waals surface area contributed by atoms with E-state index in [2.05, 4.69) is 48.7 Å². The normalized spacial score (nSPS) is 14.2. The Bertz CT molecular complexity index is 665. The fourth-order valence-corrected chi connectivity index (χ4v) is 3.33. The summed E-state index contributed by atoms with van der Waals surface area (Å²) in [5, 5.41) is 7.82. The average molecular weight is 456 g/mol. The lowest BCUT2D eigenvalue weighted by Gasteiger charge is -2.10. The van der Waals surface area contributed by atoms with Crippen molar-refractivity contribution in [2.45, 2.75) is 33.2 Å². The van der Waals surface area contributed by atoms with Crippen LogP contribution in [0.5, 0.6) is 0 Å². The Hall–Kier alpha value is -1.15. The van der Waals surface area contributed by atoms with Gasteiger partial charge in [-0.15, -0.1) is 35.3 Å². The minimum Gasteiger partial charge on any atom is -0.357 e. The number of aliphatic imine (C=N–C) groups is 1. The Balaban J connectivity index is 0.00000208. The zero-order valence-corrected chi connectivity index (χ0v) is 17.4. The second-order valence-corrected chi connectivity index (χ2v) is 7.00. The monoisotopic (exact) mass is 456 g/mol. The lowest BCUT2D eigenvalue weighted by molar-refractivity contribution is 0.739. The molecule has 24 heavy (non-hydrogen) atoms. The van der Waals surface area contributed by atoms with Gasteiger partial charge in [0.2, 0.25) is 0 Å². The first-order valence-corrected chi connectivity index (χ1v) is 9.11. The van der Waals surface area contributed by atoms with Gasteiger partial charge in [-0.25, -0.2) is 9.98 Å². The highest BCUT2D eigenvalue weighted by Gasteiger charge is 2.21. The van der Waals surface area contributed by atoms with Crippen LogP contribution in [0.15, 0.2) is 35.3 Å². The molecule has 1 aliphatic carbocycles. The highest BCUT2D eigenvalue weighted by atomic mass is 127. The van der Waals surface area contributed by atoms with E-state index in [4.69, 9.17) is 9.98 Å². The predicted molar refractivity (Wildman–Crippen MR) is 113 cm³/mol. The molecular formula is C18H25IN4S. The van der Waals surface area contributed by atoms with E-state index < -0.39 is 0 Å². The van der Waals surface area contributed by atoms with Gasteiger partial charge in [-0.2, -0.15) is 0 Å². The van der Waals surface area contributed by atoms with Crippen LogP contribution in [0.1, 0.15) is 30.3 Å². The van der Waals surface area contributed by atoms with Crippen LogP contribution in [0.4, 0.5) is 0 Å². The SMILES string of the molecule is CCNC(=NCc1sc(-c2ccccc2)nc1C)NCC1CC1.I. The van der Waals surface area contributed by atoms with E-state index >= 15 is 0 Å². The van der Waals surface area contributed by atoms with Crippen LogP contribution in [0.2, 0.25) is 0 Å². The molecule has 2 N–H and O–H groups in total. The average Bonchev–Trinajstić information content (AvgIpc) is 3.33. The van der Waals surface area contributed by atoms with Crippen LogP contribution in [0.3, 0.4) is 0 Å². The van der Waals surface area contributed by atoms with Crippen LogP contribution in [-0.4, -0.2) is 24.0 Å². The number of nitrogens with zero attached hydrogens (tertiary/aromatic N) is 2. The standard InChI is InChI=1S/C18H24N4S.HI/c1-3-19-18(20-11-14-9-10-14)21-12-16-13(2)22-17(23-16)15-7-5-4-6-8-15;/h4-8,14H,3,9-12H2,1-2H3,(H2,19,20,21);1H. The molecule has 2 aromatic rings. The molecule has 1 aliphatic rings. The Morgan fingerprint density at radius 3 is 2.67 bits per heavy atom. The molecule has 3 rings (SSSR count). The van der Waals surface area contributed by atoms with Gasteiger partial charge >= 0.3 is 0 Å². The Kier molecular flexibility index (Phi) is 7.48. The quantitative estimate of drug-likeness (QED) is 0.389. The molecule has 0 amide bonds. The minimum absolute atomic E-state index is 0. The molecule has 130 valence electrons. The first-order chi connectivity index (χ1) is 11.3. The number of thiazole rings is 1. The first-order valence-electron chi connectivity index (χ1n) is 8.30. The van der Waals surface area contributed by atoms with Crippen molar-refractivity contribution in [2.24, 2.45) is 10.9 Å². The van der Waals surface area contributed by atoms with Crippen LogP contribution in [0.25, 0.3) is 10.6 Å².